The number of hydrogen-bond donors (Lipinski definition) is 2. The van der Waals surface area contributed by atoms with Crippen molar-refractivity contribution in [3.05, 3.63) is 59.9 Å². The number of aromatic nitrogens is 2. The van der Waals surface area contributed by atoms with Gasteiger partial charge in [-0.1, -0.05) is 12.5 Å². The van der Waals surface area contributed by atoms with Crippen LogP contribution in [0.25, 0.3) is 16.9 Å². The highest BCUT2D eigenvalue weighted by atomic mass is 19.1. The van der Waals surface area contributed by atoms with Crippen LogP contribution in [-0.4, -0.2) is 29.5 Å². The van der Waals surface area contributed by atoms with Crippen LogP contribution in [0.3, 0.4) is 0 Å². The summed E-state index contributed by atoms with van der Waals surface area (Å²) in [4.78, 5) is 0. The van der Waals surface area contributed by atoms with E-state index in [0.717, 1.165) is 55.2 Å². The van der Waals surface area contributed by atoms with E-state index in [4.69, 9.17) is 20.8 Å². The molecule has 1 aliphatic rings. The number of anilines is 1. The minimum atomic E-state index is -0.548. The summed E-state index contributed by atoms with van der Waals surface area (Å²) >= 11 is 0. The minimum absolute atomic E-state index is 0.0197. The van der Waals surface area contributed by atoms with Crippen LogP contribution in [0.1, 0.15) is 31.2 Å². The Balaban J connectivity index is 1.66. The lowest BCUT2D eigenvalue weighted by Gasteiger charge is -2.26. The maximum atomic E-state index is 14.3. The van der Waals surface area contributed by atoms with Gasteiger partial charge in [0.25, 0.3) is 0 Å². The smallest absolute Gasteiger partial charge is 0.149 e. The molecule has 0 bridgehead atoms. The highest BCUT2D eigenvalue weighted by Crippen LogP contribution is 2.29. The van der Waals surface area contributed by atoms with Crippen molar-refractivity contribution in [1.29, 1.82) is 5.26 Å². The van der Waals surface area contributed by atoms with Gasteiger partial charge in [-0.15, -0.1) is 5.10 Å². The lowest BCUT2D eigenvalue weighted by atomic mass is 9.86. The van der Waals surface area contributed by atoms with Crippen molar-refractivity contribution >= 4 is 5.82 Å². The average Bonchev–Trinajstić information content (AvgIpc) is 3.22. The molecule has 3 aromatic rings. The number of halogens is 1. The van der Waals surface area contributed by atoms with Crippen molar-refractivity contribution in [1.82, 2.24) is 9.78 Å². The fraction of sp³-hybridized carbons (Fsp3) is 0.333. The van der Waals surface area contributed by atoms with E-state index >= 15 is 0 Å². The number of nitrogens with one attached hydrogen (secondary N) is 1. The monoisotopic (exact) mass is 419 g/mol. The van der Waals surface area contributed by atoms with Crippen molar-refractivity contribution in [2.75, 3.05) is 19.0 Å². The number of ether oxygens (including phenoxy) is 1. The topological polar surface area (TPSA) is 88.9 Å². The van der Waals surface area contributed by atoms with Crippen molar-refractivity contribution in [2.45, 2.75) is 31.7 Å². The van der Waals surface area contributed by atoms with Crippen LogP contribution in [0.2, 0.25) is 0 Å². The molecule has 2 aromatic carbocycles. The number of hydrogen-bond acceptors (Lipinski definition) is 5. The summed E-state index contributed by atoms with van der Waals surface area (Å²) in [5.74, 6) is 1.43. The number of benzene rings is 2. The second-order valence-corrected chi connectivity index (χ2v) is 8.00. The molecule has 0 radical (unpaired) electrons. The first-order valence-corrected chi connectivity index (χ1v) is 10.5. The summed E-state index contributed by atoms with van der Waals surface area (Å²) in [6.45, 7) is 0.800. The van der Waals surface area contributed by atoms with E-state index in [1.165, 1.54) is 12.1 Å². The van der Waals surface area contributed by atoms with E-state index < -0.39 is 5.82 Å². The molecular weight excluding hydrogens is 393 g/mol. The summed E-state index contributed by atoms with van der Waals surface area (Å²) in [5.41, 5.74) is 8.35. The first kappa shape index (κ1) is 20.9. The quantitative estimate of drug-likeness (QED) is 0.615. The highest BCUT2D eigenvalue weighted by Gasteiger charge is 2.20. The predicted molar refractivity (Wildman–Crippen MR) is 119 cm³/mol. The third-order valence-corrected chi connectivity index (χ3v) is 5.81. The van der Waals surface area contributed by atoms with Gasteiger partial charge in [0.2, 0.25) is 0 Å². The molecule has 0 saturated heterocycles. The van der Waals surface area contributed by atoms with Gasteiger partial charge >= 0.3 is 0 Å². The molecule has 1 heterocycles. The Morgan fingerprint density at radius 3 is 2.71 bits per heavy atom. The number of nitriles is 1. The molecular formula is C24H26FN5O. The molecule has 160 valence electrons. The molecule has 31 heavy (non-hydrogen) atoms. The van der Waals surface area contributed by atoms with Gasteiger partial charge < -0.3 is 15.8 Å². The number of methoxy groups -OCH3 is 1. The van der Waals surface area contributed by atoms with Crippen LogP contribution in [0.5, 0.6) is 5.75 Å². The van der Waals surface area contributed by atoms with Crippen molar-refractivity contribution in [2.24, 2.45) is 11.7 Å². The third-order valence-electron chi connectivity index (χ3n) is 5.81. The highest BCUT2D eigenvalue weighted by molar-refractivity contribution is 5.67. The van der Waals surface area contributed by atoms with Gasteiger partial charge in [-0.3, -0.25) is 0 Å². The maximum Gasteiger partial charge on any atom is 0.149 e. The molecule has 0 aliphatic heterocycles. The molecule has 1 aliphatic carbocycles. The van der Waals surface area contributed by atoms with E-state index in [9.17, 15) is 4.39 Å². The van der Waals surface area contributed by atoms with Gasteiger partial charge in [0.15, 0.2) is 0 Å². The first-order valence-electron chi connectivity index (χ1n) is 10.5. The number of nitrogens with zero attached hydrogens (tertiary/aromatic N) is 3. The lowest BCUT2D eigenvalue weighted by molar-refractivity contribution is 0.335. The molecule has 1 fully saturated rings. The van der Waals surface area contributed by atoms with Gasteiger partial charge in [0.05, 0.1) is 24.1 Å². The van der Waals surface area contributed by atoms with Crippen molar-refractivity contribution in [3.63, 3.8) is 0 Å². The van der Waals surface area contributed by atoms with Gasteiger partial charge in [0.1, 0.15) is 23.5 Å². The van der Waals surface area contributed by atoms with E-state index in [1.807, 2.05) is 36.4 Å². The Morgan fingerprint density at radius 2 is 2.03 bits per heavy atom. The Hall–Kier alpha value is -3.37. The fourth-order valence-corrected chi connectivity index (χ4v) is 4.13. The van der Waals surface area contributed by atoms with Crippen LogP contribution in [0, 0.1) is 23.1 Å². The van der Waals surface area contributed by atoms with Gasteiger partial charge in [0, 0.05) is 24.2 Å². The standard InChI is InChI=1S/C24H26FN5O/c1-31-21-9-7-20(8-10-21)30-23(17-5-6-18(14-26)22(25)12-17)13-24(29-30)28-15-16-3-2-4-19(27)11-16/h5-10,12-13,16,19H,2-4,11,15,27H2,1H3,(H,28,29)/t16-,19-/m1/s1. The molecule has 1 saturated carbocycles. The van der Waals surface area contributed by atoms with Crippen LogP contribution < -0.4 is 15.8 Å². The number of rotatable bonds is 6. The molecule has 0 amide bonds. The van der Waals surface area contributed by atoms with Crippen LogP contribution >= 0.6 is 0 Å². The Morgan fingerprint density at radius 1 is 1.23 bits per heavy atom. The van der Waals surface area contributed by atoms with E-state index in [2.05, 4.69) is 5.32 Å². The Kier molecular flexibility index (Phi) is 6.19. The van der Waals surface area contributed by atoms with Crippen molar-refractivity contribution < 1.29 is 9.13 Å². The van der Waals surface area contributed by atoms with E-state index in [-0.39, 0.29) is 11.6 Å². The third kappa shape index (κ3) is 4.70. The first-order chi connectivity index (χ1) is 15.1. The molecule has 6 nitrogen and oxygen atoms in total. The zero-order valence-electron chi connectivity index (χ0n) is 17.5. The van der Waals surface area contributed by atoms with E-state index in [0.29, 0.717) is 11.5 Å². The van der Waals surface area contributed by atoms with Crippen molar-refractivity contribution in [3.8, 4) is 28.8 Å². The fourth-order valence-electron chi connectivity index (χ4n) is 4.13. The minimum Gasteiger partial charge on any atom is -0.497 e. The Bertz CT molecular complexity index is 1090. The maximum absolute atomic E-state index is 14.3. The molecule has 0 spiro atoms. The molecule has 4 rings (SSSR count). The summed E-state index contributed by atoms with van der Waals surface area (Å²) < 4.78 is 21.3. The molecule has 0 unspecified atom stereocenters. The molecule has 2 atom stereocenters. The largest absolute Gasteiger partial charge is 0.497 e. The normalized spacial score (nSPS) is 18.4. The summed E-state index contributed by atoms with van der Waals surface area (Å²) in [6, 6.07) is 16.2. The summed E-state index contributed by atoms with van der Waals surface area (Å²) in [7, 11) is 1.62. The van der Waals surface area contributed by atoms with Gasteiger partial charge in [-0.2, -0.15) is 5.26 Å². The second-order valence-electron chi connectivity index (χ2n) is 8.00. The zero-order chi connectivity index (χ0) is 21.8. The second kappa shape index (κ2) is 9.19. The molecule has 3 N–H and O–H groups in total. The predicted octanol–water partition coefficient (Wildman–Crippen LogP) is 4.49. The zero-order valence-corrected chi connectivity index (χ0v) is 17.5. The van der Waals surface area contributed by atoms with E-state index in [1.54, 1.807) is 17.9 Å². The van der Waals surface area contributed by atoms with Crippen LogP contribution in [0.4, 0.5) is 10.2 Å². The molecule has 7 heteroatoms. The van der Waals surface area contributed by atoms with Gasteiger partial charge in [-0.05, 0) is 61.6 Å². The van der Waals surface area contributed by atoms with Gasteiger partial charge in [-0.25, -0.2) is 9.07 Å². The molecule has 1 aromatic heterocycles. The van der Waals surface area contributed by atoms with Crippen LogP contribution in [-0.2, 0) is 0 Å². The number of nitrogens with two attached hydrogens (primary N) is 1. The summed E-state index contributed by atoms with van der Waals surface area (Å²) in [6.07, 6.45) is 4.42. The Labute approximate surface area is 181 Å². The SMILES string of the molecule is COc1ccc(-n2nc(NC[C@@H]3CCC[C@@H](N)C3)cc2-c2ccc(C#N)c(F)c2)cc1. The lowest BCUT2D eigenvalue weighted by Crippen LogP contribution is -2.31. The van der Waals surface area contributed by atoms with Crippen LogP contribution in [0.15, 0.2) is 48.5 Å². The average molecular weight is 420 g/mol. The summed E-state index contributed by atoms with van der Waals surface area (Å²) in [5, 5.41) is 17.2.